The highest BCUT2D eigenvalue weighted by atomic mass is 16.7. The first-order chi connectivity index (χ1) is 13.1. The van der Waals surface area contributed by atoms with Crippen LogP contribution in [0.2, 0.25) is 0 Å². The molecule has 0 heterocycles. The van der Waals surface area contributed by atoms with Crippen LogP contribution in [0.15, 0.2) is 0 Å². The van der Waals surface area contributed by atoms with Gasteiger partial charge in [0.25, 0.3) is 0 Å². The lowest BCUT2D eigenvalue weighted by Gasteiger charge is -2.17. The van der Waals surface area contributed by atoms with Crippen LogP contribution in [0.1, 0.15) is 96.8 Å². The van der Waals surface area contributed by atoms with Crippen LogP contribution >= 0.6 is 0 Å². The molecule has 0 saturated carbocycles. The molecular formula is C22H43NO4. The average molecular weight is 386 g/mol. The van der Waals surface area contributed by atoms with E-state index in [0.29, 0.717) is 19.4 Å². The summed E-state index contributed by atoms with van der Waals surface area (Å²) >= 11 is 0. The number of unbranched alkanes of at least 4 members (excludes halogenated alkanes) is 9. The minimum atomic E-state index is -0.600. The summed E-state index contributed by atoms with van der Waals surface area (Å²) in [5.74, 6) is 0. The molecule has 5 heteroatoms. The second-order valence-electron chi connectivity index (χ2n) is 7.71. The van der Waals surface area contributed by atoms with Crippen molar-refractivity contribution in [1.29, 1.82) is 0 Å². The maximum atomic E-state index is 11.8. The summed E-state index contributed by atoms with van der Waals surface area (Å²) in [5.41, 5.74) is 0. The predicted molar refractivity (Wildman–Crippen MR) is 111 cm³/mol. The van der Waals surface area contributed by atoms with Crippen LogP contribution in [0.25, 0.3) is 0 Å². The van der Waals surface area contributed by atoms with Gasteiger partial charge in [0, 0.05) is 13.0 Å². The third-order valence-corrected chi connectivity index (χ3v) is 4.72. The lowest BCUT2D eigenvalue weighted by Crippen LogP contribution is -2.21. The summed E-state index contributed by atoms with van der Waals surface area (Å²) < 4.78 is 10.5. The Labute approximate surface area is 167 Å². The molecule has 0 amide bonds. The first-order valence-electron chi connectivity index (χ1n) is 11.0. The minimum Gasteiger partial charge on any atom is -0.434 e. The van der Waals surface area contributed by atoms with E-state index in [1.165, 1.54) is 51.4 Å². The molecule has 0 N–H and O–H groups in total. The van der Waals surface area contributed by atoms with Gasteiger partial charge in [0.1, 0.15) is 12.4 Å². The molecule has 27 heavy (non-hydrogen) atoms. The van der Waals surface area contributed by atoms with Crippen LogP contribution in [0.5, 0.6) is 0 Å². The van der Waals surface area contributed by atoms with Crippen LogP contribution < -0.4 is 0 Å². The summed E-state index contributed by atoms with van der Waals surface area (Å²) in [7, 11) is 3.97. The van der Waals surface area contributed by atoms with Crippen molar-refractivity contribution in [2.45, 2.75) is 103 Å². The van der Waals surface area contributed by atoms with Crippen molar-refractivity contribution >= 4 is 12.4 Å². The minimum absolute atomic E-state index is 0.203. The average Bonchev–Trinajstić information content (AvgIpc) is 2.64. The highest BCUT2D eigenvalue weighted by Gasteiger charge is 2.15. The van der Waals surface area contributed by atoms with Gasteiger partial charge >= 0.3 is 6.16 Å². The van der Waals surface area contributed by atoms with Crippen molar-refractivity contribution in [2.24, 2.45) is 0 Å². The van der Waals surface area contributed by atoms with Gasteiger partial charge in [-0.3, -0.25) is 0 Å². The fourth-order valence-corrected chi connectivity index (χ4v) is 3.08. The van der Waals surface area contributed by atoms with Crippen LogP contribution in [0, 0.1) is 0 Å². The Morgan fingerprint density at radius 1 is 0.889 bits per heavy atom. The number of hydrogen-bond acceptors (Lipinski definition) is 5. The van der Waals surface area contributed by atoms with Gasteiger partial charge in [-0.2, -0.15) is 0 Å². The molecule has 1 unspecified atom stereocenters. The van der Waals surface area contributed by atoms with Gasteiger partial charge in [0.05, 0.1) is 6.61 Å². The predicted octanol–water partition coefficient (Wildman–Crippen LogP) is 5.75. The first kappa shape index (κ1) is 25.9. The standard InChI is InChI=1S/C22H43NO4/c1-4-5-6-7-8-9-10-11-12-13-16-21(17-14-19-24)27-22(25)26-20-15-18-23(2)3/h19,21H,4-18,20H2,1-3H3. The van der Waals surface area contributed by atoms with E-state index in [9.17, 15) is 9.59 Å². The molecule has 0 aliphatic carbocycles. The molecule has 0 rings (SSSR count). The summed E-state index contributed by atoms with van der Waals surface area (Å²) in [6.45, 7) is 3.49. The zero-order valence-corrected chi connectivity index (χ0v) is 18.0. The van der Waals surface area contributed by atoms with Crippen molar-refractivity contribution in [3.8, 4) is 0 Å². The monoisotopic (exact) mass is 385 g/mol. The number of carbonyl (C=O) groups is 2. The molecule has 0 aromatic rings. The van der Waals surface area contributed by atoms with Crippen molar-refractivity contribution < 1.29 is 19.1 Å². The Kier molecular flexibility index (Phi) is 18.9. The van der Waals surface area contributed by atoms with E-state index < -0.39 is 6.16 Å². The zero-order chi connectivity index (χ0) is 20.2. The molecule has 0 saturated heterocycles. The summed E-state index contributed by atoms with van der Waals surface area (Å²) in [6, 6.07) is 0. The molecule has 0 aliphatic rings. The summed E-state index contributed by atoms with van der Waals surface area (Å²) in [6.07, 6.45) is 15.5. The molecule has 0 fully saturated rings. The quantitative estimate of drug-likeness (QED) is 0.161. The number of nitrogens with zero attached hydrogens (tertiary/aromatic N) is 1. The maximum absolute atomic E-state index is 11.8. The number of ether oxygens (including phenoxy) is 2. The van der Waals surface area contributed by atoms with Gasteiger partial charge in [-0.1, -0.05) is 64.7 Å². The molecular weight excluding hydrogens is 342 g/mol. The van der Waals surface area contributed by atoms with E-state index in [0.717, 1.165) is 38.5 Å². The molecule has 0 aromatic heterocycles. The number of rotatable bonds is 19. The summed E-state index contributed by atoms with van der Waals surface area (Å²) in [5, 5.41) is 0. The molecule has 0 bridgehead atoms. The molecule has 1 atom stereocenters. The van der Waals surface area contributed by atoms with Gasteiger partial charge in [0.2, 0.25) is 0 Å². The van der Waals surface area contributed by atoms with E-state index >= 15 is 0 Å². The maximum Gasteiger partial charge on any atom is 0.508 e. The molecule has 0 aromatic carbocycles. The zero-order valence-electron chi connectivity index (χ0n) is 18.0. The first-order valence-corrected chi connectivity index (χ1v) is 11.0. The van der Waals surface area contributed by atoms with Crippen molar-refractivity contribution in [3.63, 3.8) is 0 Å². The Hall–Kier alpha value is -1.10. The highest BCUT2D eigenvalue weighted by molar-refractivity contribution is 5.60. The molecule has 0 spiro atoms. The Bertz CT molecular complexity index is 347. The Morgan fingerprint density at radius 3 is 2.04 bits per heavy atom. The second-order valence-corrected chi connectivity index (χ2v) is 7.71. The van der Waals surface area contributed by atoms with Gasteiger partial charge in [0.15, 0.2) is 0 Å². The topological polar surface area (TPSA) is 55.8 Å². The largest absolute Gasteiger partial charge is 0.508 e. The summed E-state index contributed by atoms with van der Waals surface area (Å²) in [4.78, 5) is 24.5. The van der Waals surface area contributed by atoms with Gasteiger partial charge in [-0.05, 0) is 39.8 Å². The van der Waals surface area contributed by atoms with Gasteiger partial charge in [-0.15, -0.1) is 0 Å². The lowest BCUT2D eigenvalue weighted by atomic mass is 10.0. The van der Waals surface area contributed by atoms with Crippen LogP contribution in [-0.4, -0.2) is 50.7 Å². The highest BCUT2D eigenvalue weighted by Crippen LogP contribution is 2.15. The molecule has 0 radical (unpaired) electrons. The third-order valence-electron chi connectivity index (χ3n) is 4.72. The van der Waals surface area contributed by atoms with E-state index in [-0.39, 0.29) is 6.10 Å². The van der Waals surface area contributed by atoms with E-state index in [2.05, 4.69) is 6.92 Å². The van der Waals surface area contributed by atoms with Crippen LogP contribution in [0.3, 0.4) is 0 Å². The van der Waals surface area contributed by atoms with Gasteiger partial charge in [-0.25, -0.2) is 4.79 Å². The normalized spacial score (nSPS) is 12.1. The van der Waals surface area contributed by atoms with Crippen molar-refractivity contribution in [2.75, 3.05) is 27.2 Å². The Balaban J connectivity index is 3.76. The number of aldehydes is 1. The smallest absolute Gasteiger partial charge is 0.434 e. The van der Waals surface area contributed by atoms with E-state index in [4.69, 9.17) is 9.47 Å². The SMILES string of the molecule is CCCCCCCCCCCCC(CCC=O)OC(=O)OCCCN(C)C. The van der Waals surface area contributed by atoms with E-state index in [1.807, 2.05) is 19.0 Å². The van der Waals surface area contributed by atoms with E-state index in [1.54, 1.807) is 0 Å². The molecule has 0 aliphatic heterocycles. The third kappa shape index (κ3) is 19.5. The fourth-order valence-electron chi connectivity index (χ4n) is 3.08. The lowest BCUT2D eigenvalue weighted by molar-refractivity contribution is -0.108. The number of carbonyl (C=O) groups excluding carboxylic acids is 2. The number of hydrogen-bond donors (Lipinski definition) is 0. The fraction of sp³-hybridized carbons (Fsp3) is 0.909. The van der Waals surface area contributed by atoms with Crippen LogP contribution in [0.4, 0.5) is 4.79 Å². The van der Waals surface area contributed by atoms with Crippen LogP contribution in [-0.2, 0) is 14.3 Å². The van der Waals surface area contributed by atoms with Crippen molar-refractivity contribution in [3.05, 3.63) is 0 Å². The molecule has 160 valence electrons. The van der Waals surface area contributed by atoms with Crippen molar-refractivity contribution in [1.82, 2.24) is 4.90 Å². The molecule has 5 nitrogen and oxygen atoms in total. The Morgan fingerprint density at radius 2 is 1.48 bits per heavy atom. The van der Waals surface area contributed by atoms with Gasteiger partial charge < -0.3 is 19.2 Å². The second kappa shape index (κ2) is 19.7.